The van der Waals surface area contributed by atoms with Crippen LogP contribution in [0, 0.1) is 11.6 Å². The summed E-state index contributed by atoms with van der Waals surface area (Å²) in [6.07, 6.45) is 3.29. The van der Waals surface area contributed by atoms with Crippen molar-refractivity contribution in [2.45, 2.75) is 38.6 Å². The van der Waals surface area contributed by atoms with Crippen LogP contribution >= 0.6 is 0 Å². The highest BCUT2D eigenvalue weighted by molar-refractivity contribution is 5.91. The molecule has 0 unspecified atom stereocenters. The van der Waals surface area contributed by atoms with E-state index < -0.39 is 0 Å². The molecule has 1 aliphatic rings. The number of rotatable bonds is 9. The van der Waals surface area contributed by atoms with Gasteiger partial charge in [-0.1, -0.05) is 30.3 Å². The Kier molecular flexibility index (Phi) is 7.24. The molecule has 168 valence electrons. The first-order valence-corrected chi connectivity index (χ1v) is 10.6. The van der Waals surface area contributed by atoms with E-state index >= 15 is 0 Å². The summed E-state index contributed by atoms with van der Waals surface area (Å²) in [7, 11) is 0. The molecular weight excluding hydrogens is 416 g/mol. The van der Waals surface area contributed by atoms with Gasteiger partial charge in [0.05, 0.1) is 12.6 Å². The number of benzene rings is 2. The van der Waals surface area contributed by atoms with E-state index in [4.69, 9.17) is 9.15 Å². The molecular formula is C24H25F2N3O3. The molecule has 2 aromatic carbocycles. The van der Waals surface area contributed by atoms with Crippen LogP contribution in [-0.2, 0) is 24.4 Å². The summed E-state index contributed by atoms with van der Waals surface area (Å²) >= 11 is 0. The molecule has 6 nitrogen and oxygen atoms in total. The van der Waals surface area contributed by atoms with Crippen LogP contribution in [0.1, 0.15) is 40.3 Å². The van der Waals surface area contributed by atoms with Gasteiger partial charge in [-0.05, 0) is 36.6 Å². The molecule has 1 saturated heterocycles. The van der Waals surface area contributed by atoms with Crippen LogP contribution in [0.15, 0.2) is 59.2 Å². The number of hydrogen-bond acceptors (Lipinski definition) is 5. The quantitative estimate of drug-likeness (QED) is 0.542. The van der Waals surface area contributed by atoms with Crippen molar-refractivity contribution in [3.05, 3.63) is 89.1 Å². The van der Waals surface area contributed by atoms with E-state index in [1.54, 1.807) is 30.3 Å². The Labute approximate surface area is 185 Å². The maximum absolute atomic E-state index is 14.2. The van der Waals surface area contributed by atoms with Crippen molar-refractivity contribution in [1.29, 1.82) is 0 Å². The normalized spacial score (nSPS) is 15.9. The van der Waals surface area contributed by atoms with Crippen LogP contribution in [0.25, 0.3) is 0 Å². The molecule has 1 fully saturated rings. The molecule has 1 aromatic heterocycles. The monoisotopic (exact) mass is 441 g/mol. The van der Waals surface area contributed by atoms with E-state index in [0.717, 1.165) is 25.0 Å². The van der Waals surface area contributed by atoms with Crippen LogP contribution in [0.5, 0.6) is 0 Å². The molecule has 0 bridgehead atoms. The van der Waals surface area contributed by atoms with Gasteiger partial charge in [0, 0.05) is 31.8 Å². The largest absolute Gasteiger partial charge is 0.447 e. The average molecular weight is 441 g/mol. The second-order valence-electron chi connectivity index (χ2n) is 7.83. The molecule has 32 heavy (non-hydrogen) atoms. The van der Waals surface area contributed by atoms with E-state index in [0.29, 0.717) is 31.1 Å². The first kappa shape index (κ1) is 22.1. The van der Waals surface area contributed by atoms with Gasteiger partial charge in [0.15, 0.2) is 5.69 Å². The Balaban J connectivity index is 1.43. The van der Waals surface area contributed by atoms with Gasteiger partial charge in [-0.25, -0.2) is 13.8 Å². The number of carbonyl (C=O) groups excluding carboxylic acids is 1. The lowest BCUT2D eigenvalue weighted by molar-refractivity contribution is 0.0853. The smallest absolute Gasteiger partial charge is 0.273 e. The van der Waals surface area contributed by atoms with Gasteiger partial charge < -0.3 is 14.5 Å². The van der Waals surface area contributed by atoms with Crippen LogP contribution in [-0.4, -0.2) is 35.0 Å². The second-order valence-corrected chi connectivity index (χ2v) is 7.83. The summed E-state index contributed by atoms with van der Waals surface area (Å²) in [5.41, 5.74) is 1.57. The second kappa shape index (κ2) is 10.5. The van der Waals surface area contributed by atoms with Crippen LogP contribution < -0.4 is 5.32 Å². The molecule has 0 radical (unpaired) electrons. The fourth-order valence-corrected chi connectivity index (χ4v) is 3.66. The summed E-state index contributed by atoms with van der Waals surface area (Å²) < 4.78 is 38.5. The molecule has 4 rings (SSSR count). The molecule has 3 aromatic rings. The SMILES string of the molecule is O=C(NC[C@@H]1CCCO1)c1coc(CN(Cc2ccc(F)cc2)Cc2ccccc2F)n1. The van der Waals surface area contributed by atoms with Crippen molar-refractivity contribution in [3.8, 4) is 0 Å². The fourth-order valence-electron chi connectivity index (χ4n) is 3.66. The van der Waals surface area contributed by atoms with E-state index in [9.17, 15) is 13.6 Å². The molecule has 1 atom stereocenters. The van der Waals surface area contributed by atoms with Gasteiger partial charge >= 0.3 is 0 Å². The number of ether oxygens (including phenoxy) is 1. The van der Waals surface area contributed by atoms with Gasteiger partial charge in [0.2, 0.25) is 5.89 Å². The number of carbonyl (C=O) groups is 1. The molecule has 8 heteroatoms. The van der Waals surface area contributed by atoms with E-state index in [1.165, 1.54) is 24.5 Å². The summed E-state index contributed by atoms with van der Waals surface area (Å²) in [6.45, 7) is 2.14. The van der Waals surface area contributed by atoms with E-state index in [-0.39, 0.29) is 35.9 Å². The van der Waals surface area contributed by atoms with Crippen molar-refractivity contribution >= 4 is 5.91 Å². The minimum atomic E-state index is -0.324. The number of halogens is 2. The Morgan fingerprint density at radius 2 is 1.91 bits per heavy atom. The molecule has 1 aliphatic heterocycles. The Hall–Kier alpha value is -3.10. The maximum Gasteiger partial charge on any atom is 0.273 e. The van der Waals surface area contributed by atoms with E-state index in [1.807, 2.05) is 4.90 Å². The van der Waals surface area contributed by atoms with Crippen molar-refractivity contribution in [2.75, 3.05) is 13.2 Å². The van der Waals surface area contributed by atoms with Gasteiger partial charge in [-0.15, -0.1) is 0 Å². The minimum absolute atomic E-state index is 0.0392. The number of oxazole rings is 1. The third kappa shape index (κ3) is 5.99. The van der Waals surface area contributed by atoms with Crippen LogP contribution in [0.4, 0.5) is 8.78 Å². The summed E-state index contributed by atoms with van der Waals surface area (Å²) in [6, 6.07) is 12.7. The van der Waals surface area contributed by atoms with Gasteiger partial charge in [0.1, 0.15) is 17.9 Å². The van der Waals surface area contributed by atoms with Crippen LogP contribution in [0.3, 0.4) is 0 Å². The lowest BCUT2D eigenvalue weighted by atomic mass is 10.1. The Bertz CT molecular complexity index is 1030. The fraction of sp³-hybridized carbons (Fsp3) is 0.333. The molecule has 1 N–H and O–H groups in total. The molecule has 0 saturated carbocycles. The summed E-state index contributed by atoms with van der Waals surface area (Å²) in [5.74, 6) is -0.612. The number of hydrogen-bond donors (Lipinski definition) is 1. The number of nitrogens with one attached hydrogen (secondary N) is 1. The first-order chi connectivity index (χ1) is 15.6. The first-order valence-electron chi connectivity index (χ1n) is 10.6. The summed E-state index contributed by atoms with van der Waals surface area (Å²) in [4.78, 5) is 18.6. The van der Waals surface area contributed by atoms with Crippen molar-refractivity contribution in [1.82, 2.24) is 15.2 Å². The van der Waals surface area contributed by atoms with Gasteiger partial charge in [-0.3, -0.25) is 9.69 Å². The third-order valence-electron chi connectivity index (χ3n) is 5.33. The molecule has 0 aliphatic carbocycles. The van der Waals surface area contributed by atoms with Crippen molar-refractivity contribution in [3.63, 3.8) is 0 Å². The average Bonchev–Trinajstić information content (AvgIpc) is 3.47. The molecule has 2 heterocycles. The highest BCUT2D eigenvalue weighted by atomic mass is 19.1. The molecule has 0 spiro atoms. The highest BCUT2D eigenvalue weighted by Crippen LogP contribution is 2.17. The standard InChI is InChI=1S/C24H25F2N3O3/c25-19-9-7-17(8-10-19)13-29(14-18-4-1-2-6-21(18)26)15-23-28-22(16-32-23)24(30)27-12-20-5-3-11-31-20/h1-2,4,6-10,16,20H,3,5,11-15H2,(H,27,30)/t20-/m0/s1. The van der Waals surface area contributed by atoms with Crippen molar-refractivity contribution in [2.24, 2.45) is 0 Å². The van der Waals surface area contributed by atoms with Crippen molar-refractivity contribution < 1.29 is 22.7 Å². The number of aromatic nitrogens is 1. The predicted octanol–water partition coefficient (Wildman–Crippen LogP) is 4.06. The zero-order valence-corrected chi connectivity index (χ0v) is 17.6. The lowest BCUT2D eigenvalue weighted by Gasteiger charge is -2.21. The Morgan fingerprint density at radius 1 is 1.09 bits per heavy atom. The highest BCUT2D eigenvalue weighted by Gasteiger charge is 2.19. The van der Waals surface area contributed by atoms with Gasteiger partial charge in [-0.2, -0.15) is 0 Å². The number of nitrogens with zero attached hydrogens (tertiary/aromatic N) is 2. The molecule has 1 amide bonds. The maximum atomic E-state index is 14.2. The van der Waals surface area contributed by atoms with E-state index in [2.05, 4.69) is 10.3 Å². The summed E-state index contributed by atoms with van der Waals surface area (Å²) in [5, 5.41) is 2.81. The lowest BCUT2D eigenvalue weighted by Crippen LogP contribution is -2.32. The topological polar surface area (TPSA) is 67.6 Å². The zero-order valence-electron chi connectivity index (χ0n) is 17.6. The third-order valence-corrected chi connectivity index (χ3v) is 5.33. The number of amides is 1. The van der Waals surface area contributed by atoms with Gasteiger partial charge in [0.25, 0.3) is 5.91 Å². The minimum Gasteiger partial charge on any atom is -0.447 e. The zero-order chi connectivity index (χ0) is 22.3. The Morgan fingerprint density at radius 3 is 2.66 bits per heavy atom. The van der Waals surface area contributed by atoms with Crippen LogP contribution in [0.2, 0.25) is 0 Å². The predicted molar refractivity (Wildman–Crippen MR) is 114 cm³/mol.